The molecule has 0 aromatic carbocycles. The van der Waals surface area contributed by atoms with E-state index in [2.05, 4.69) is 11.6 Å². The molecule has 0 aliphatic carbocycles. The van der Waals surface area contributed by atoms with Crippen LogP contribution in [0.25, 0.3) is 6.08 Å². The summed E-state index contributed by atoms with van der Waals surface area (Å²) >= 11 is 0. The van der Waals surface area contributed by atoms with Crippen molar-refractivity contribution in [2.45, 2.75) is 0 Å². The third-order valence-corrected chi connectivity index (χ3v) is 0.897. The Balaban J connectivity index is 0. The Morgan fingerprint density at radius 1 is 1.40 bits per heavy atom. The summed E-state index contributed by atoms with van der Waals surface area (Å²) in [5.41, 5.74) is 0.924. The first-order valence-corrected chi connectivity index (χ1v) is 2.47. The Morgan fingerprint density at radius 2 is 2.10 bits per heavy atom. The van der Waals surface area contributed by atoms with Crippen molar-refractivity contribution >= 4 is 18.5 Å². The molecular formula is C7H10ClNO. The topological polar surface area (TPSA) is 44.4 Å². The number of pyridine rings is 1. The quantitative estimate of drug-likeness (QED) is 0.610. The van der Waals surface area contributed by atoms with E-state index in [4.69, 9.17) is 0 Å². The lowest BCUT2D eigenvalue weighted by Crippen LogP contribution is -1.73. The largest absolute Gasteiger partial charge is 0.412 e. The molecule has 0 saturated carbocycles. The minimum absolute atomic E-state index is 0. The fourth-order valence-corrected chi connectivity index (χ4v) is 0.497. The van der Waals surface area contributed by atoms with Crippen LogP contribution in [0, 0.1) is 0 Å². The molecule has 3 heteroatoms. The Morgan fingerprint density at radius 3 is 2.40 bits per heavy atom. The van der Waals surface area contributed by atoms with Crippen molar-refractivity contribution in [2.75, 3.05) is 0 Å². The van der Waals surface area contributed by atoms with Crippen LogP contribution in [0.3, 0.4) is 0 Å². The summed E-state index contributed by atoms with van der Waals surface area (Å²) < 4.78 is 0. The highest BCUT2D eigenvalue weighted by Crippen LogP contribution is 1.91. The number of rotatable bonds is 1. The number of halogens is 1. The molecular weight excluding hydrogens is 150 g/mol. The minimum Gasteiger partial charge on any atom is -0.412 e. The SMILES string of the molecule is C=Cc1ccccn1.Cl.O. The molecule has 0 fully saturated rings. The van der Waals surface area contributed by atoms with Gasteiger partial charge >= 0.3 is 0 Å². The monoisotopic (exact) mass is 159 g/mol. The Kier molecular flexibility index (Phi) is 7.44. The van der Waals surface area contributed by atoms with Crippen LogP contribution in [-0.2, 0) is 0 Å². The van der Waals surface area contributed by atoms with Crippen molar-refractivity contribution in [3.63, 3.8) is 0 Å². The zero-order valence-electron chi connectivity index (χ0n) is 5.45. The molecule has 0 aliphatic heterocycles. The molecule has 0 amide bonds. The maximum atomic E-state index is 3.98. The van der Waals surface area contributed by atoms with Gasteiger partial charge in [0.1, 0.15) is 0 Å². The normalized spacial score (nSPS) is 6.80. The summed E-state index contributed by atoms with van der Waals surface area (Å²) in [4.78, 5) is 3.98. The third kappa shape index (κ3) is 3.22. The lowest BCUT2D eigenvalue weighted by atomic mass is 10.4. The van der Waals surface area contributed by atoms with Crippen LogP contribution in [0.4, 0.5) is 0 Å². The van der Waals surface area contributed by atoms with Gasteiger partial charge in [-0.05, 0) is 18.2 Å². The summed E-state index contributed by atoms with van der Waals surface area (Å²) in [6, 6.07) is 5.73. The molecule has 1 aromatic heterocycles. The second-order valence-electron chi connectivity index (χ2n) is 1.46. The summed E-state index contributed by atoms with van der Waals surface area (Å²) in [6.45, 7) is 3.57. The maximum absolute atomic E-state index is 3.98. The fourth-order valence-electron chi connectivity index (χ4n) is 0.497. The average Bonchev–Trinajstić information content (AvgIpc) is 1.90. The first kappa shape index (κ1) is 11.9. The van der Waals surface area contributed by atoms with Gasteiger partial charge in [0.15, 0.2) is 0 Å². The summed E-state index contributed by atoms with van der Waals surface area (Å²) in [5, 5.41) is 0. The van der Waals surface area contributed by atoms with E-state index in [1.54, 1.807) is 12.3 Å². The van der Waals surface area contributed by atoms with E-state index in [1.807, 2.05) is 18.2 Å². The number of aromatic nitrogens is 1. The van der Waals surface area contributed by atoms with Gasteiger partial charge < -0.3 is 5.48 Å². The molecule has 0 unspecified atom stereocenters. The minimum atomic E-state index is 0. The second-order valence-corrected chi connectivity index (χ2v) is 1.46. The predicted octanol–water partition coefficient (Wildman–Crippen LogP) is 1.32. The standard InChI is InChI=1S/C7H7N.ClH.H2O/c1-2-7-5-3-4-6-8-7;;/h2-6H,1H2;1H;1H2. The zero-order chi connectivity index (χ0) is 5.82. The van der Waals surface area contributed by atoms with Crippen molar-refractivity contribution < 1.29 is 5.48 Å². The van der Waals surface area contributed by atoms with Gasteiger partial charge in [-0.1, -0.05) is 12.6 Å². The summed E-state index contributed by atoms with van der Waals surface area (Å²) in [6.07, 6.45) is 3.47. The van der Waals surface area contributed by atoms with Gasteiger partial charge in [-0.15, -0.1) is 12.4 Å². The van der Waals surface area contributed by atoms with E-state index in [0.717, 1.165) is 5.69 Å². The van der Waals surface area contributed by atoms with Crippen LogP contribution in [-0.4, -0.2) is 10.5 Å². The first-order valence-electron chi connectivity index (χ1n) is 2.47. The Hall–Kier alpha value is -0.860. The van der Waals surface area contributed by atoms with Gasteiger partial charge in [0.05, 0.1) is 5.69 Å². The molecule has 0 saturated heterocycles. The molecule has 2 N–H and O–H groups in total. The lowest BCUT2D eigenvalue weighted by molar-refractivity contribution is 0.824. The Labute approximate surface area is 66.3 Å². The average molecular weight is 160 g/mol. The van der Waals surface area contributed by atoms with E-state index < -0.39 is 0 Å². The van der Waals surface area contributed by atoms with Crippen molar-refractivity contribution in [1.29, 1.82) is 0 Å². The van der Waals surface area contributed by atoms with E-state index in [0.29, 0.717) is 0 Å². The molecule has 56 valence electrons. The number of hydrogen-bond donors (Lipinski definition) is 0. The molecule has 0 radical (unpaired) electrons. The Bertz CT molecular complexity index is 176. The predicted molar refractivity (Wildman–Crippen MR) is 45.2 cm³/mol. The molecule has 1 heterocycles. The van der Waals surface area contributed by atoms with Gasteiger partial charge in [0.2, 0.25) is 0 Å². The highest BCUT2D eigenvalue weighted by atomic mass is 35.5. The molecule has 0 atom stereocenters. The molecule has 0 aliphatic rings. The maximum Gasteiger partial charge on any atom is 0.0623 e. The zero-order valence-corrected chi connectivity index (χ0v) is 6.27. The van der Waals surface area contributed by atoms with Crippen molar-refractivity contribution in [2.24, 2.45) is 0 Å². The third-order valence-electron chi connectivity index (χ3n) is 0.897. The van der Waals surface area contributed by atoms with Crippen LogP contribution < -0.4 is 0 Å². The molecule has 1 aromatic rings. The smallest absolute Gasteiger partial charge is 0.0623 e. The summed E-state index contributed by atoms with van der Waals surface area (Å²) in [5.74, 6) is 0. The highest BCUT2D eigenvalue weighted by Gasteiger charge is 1.77. The molecule has 1 rings (SSSR count). The van der Waals surface area contributed by atoms with Crippen LogP contribution in [0.15, 0.2) is 31.0 Å². The molecule has 10 heavy (non-hydrogen) atoms. The highest BCUT2D eigenvalue weighted by molar-refractivity contribution is 5.85. The van der Waals surface area contributed by atoms with Gasteiger partial charge in [-0.2, -0.15) is 0 Å². The van der Waals surface area contributed by atoms with E-state index >= 15 is 0 Å². The van der Waals surface area contributed by atoms with Crippen molar-refractivity contribution in [1.82, 2.24) is 4.98 Å². The van der Waals surface area contributed by atoms with Crippen LogP contribution in [0.2, 0.25) is 0 Å². The number of nitrogens with zero attached hydrogens (tertiary/aromatic N) is 1. The van der Waals surface area contributed by atoms with E-state index in [1.165, 1.54) is 0 Å². The van der Waals surface area contributed by atoms with Crippen LogP contribution in [0.5, 0.6) is 0 Å². The van der Waals surface area contributed by atoms with Gasteiger partial charge in [-0.25, -0.2) is 0 Å². The second kappa shape index (κ2) is 6.26. The van der Waals surface area contributed by atoms with Gasteiger partial charge in [0, 0.05) is 6.20 Å². The van der Waals surface area contributed by atoms with Crippen molar-refractivity contribution in [3.05, 3.63) is 36.7 Å². The van der Waals surface area contributed by atoms with E-state index in [-0.39, 0.29) is 17.9 Å². The van der Waals surface area contributed by atoms with Crippen molar-refractivity contribution in [3.8, 4) is 0 Å². The van der Waals surface area contributed by atoms with Crippen LogP contribution >= 0.6 is 12.4 Å². The van der Waals surface area contributed by atoms with E-state index in [9.17, 15) is 0 Å². The fraction of sp³-hybridized carbons (Fsp3) is 0. The first-order chi connectivity index (χ1) is 3.93. The molecule has 2 nitrogen and oxygen atoms in total. The number of hydrogen-bond acceptors (Lipinski definition) is 1. The van der Waals surface area contributed by atoms with Gasteiger partial charge in [-0.3, -0.25) is 4.98 Å². The molecule has 0 bridgehead atoms. The lowest BCUT2D eigenvalue weighted by Gasteiger charge is -1.84. The van der Waals surface area contributed by atoms with Gasteiger partial charge in [0.25, 0.3) is 0 Å². The summed E-state index contributed by atoms with van der Waals surface area (Å²) in [7, 11) is 0. The molecule has 0 spiro atoms. The van der Waals surface area contributed by atoms with Crippen LogP contribution in [0.1, 0.15) is 5.69 Å².